The van der Waals surface area contributed by atoms with Crippen molar-refractivity contribution in [3.8, 4) is 0 Å². The summed E-state index contributed by atoms with van der Waals surface area (Å²) in [6.45, 7) is 4.78. The fourth-order valence-electron chi connectivity index (χ4n) is 1.89. The maximum Gasteiger partial charge on any atom is 0.252 e. The van der Waals surface area contributed by atoms with E-state index in [9.17, 15) is 4.79 Å². The minimum Gasteiger partial charge on any atom is -0.368 e. The highest BCUT2D eigenvalue weighted by Crippen LogP contribution is 2.23. The molecule has 1 N–H and O–H groups in total. The molecule has 3 nitrogen and oxygen atoms in total. The van der Waals surface area contributed by atoms with Gasteiger partial charge in [-0.25, -0.2) is 0 Å². The minimum atomic E-state index is 0.216. The summed E-state index contributed by atoms with van der Waals surface area (Å²) in [6, 6.07) is 0. The monoisotopic (exact) mass is 166 g/mol. The summed E-state index contributed by atoms with van der Waals surface area (Å²) in [4.78, 5) is 13.6. The van der Waals surface area contributed by atoms with Crippen LogP contribution in [0.2, 0.25) is 0 Å². The van der Waals surface area contributed by atoms with E-state index in [1.807, 2.05) is 18.7 Å². The van der Waals surface area contributed by atoms with E-state index < -0.39 is 0 Å². The first-order chi connectivity index (χ1) is 5.70. The number of carbonyl (C=O) groups excluding carboxylic acids is 1. The second kappa shape index (κ2) is 2.51. The second-order valence-corrected chi connectivity index (χ2v) is 3.55. The zero-order valence-corrected chi connectivity index (χ0v) is 7.55. The lowest BCUT2D eigenvalue weighted by Gasteiger charge is -2.32. The number of allylic oxidation sites excluding steroid dienone is 1. The van der Waals surface area contributed by atoms with Gasteiger partial charge in [-0.05, 0) is 26.7 Å². The highest BCUT2D eigenvalue weighted by Gasteiger charge is 2.33. The van der Waals surface area contributed by atoms with Crippen molar-refractivity contribution in [1.82, 2.24) is 10.2 Å². The average Bonchev–Trinajstić information content (AvgIpc) is 2.48. The molecule has 3 heteroatoms. The van der Waals surface area contributed by atoms with Crippen molar-refractivity contribution in [2.24, 2.45) is 0 Å². The molecular weight excluding hydrogens is 152 g/mol. The van der Waals surface area contributed by atoms with Crippen LogP contribution >= 0.6 is 0 Å². The van der Waals surface area contributed by atoms with Gasteiger partial charge in [-0.1, -0.05) is 0 Å². The molecule has 66 valence electrons. The van der Waals surface area contributed by atoms with Gasteiger partial charge in [0.25, 0.3) is 5.91 Å². The van der Waals surface area contributed by atoms with E-state index in [1.54, 1.807) is 0 Å². The van der Waals surface area contributed by atoms with Crippen LogP contribution in [0.1, 0.15) is 26.7 Å². The van der Waals surface area contributed by atoms with Crippen LogP contribution in [-0.4, -0.2) is 23.5 Å². The standard InChI is InChI=1S/C9H14N2O/c1-6-7(2)10-8-4-3-5-11(8)9(6)12/h8,10H,3-5H2,1-2H3. The maximum atomic E-state index is 11.6. The van der Waals surface area contributed by atoms with Crippen LogP contribution in [0.15, 0.2) is 11.3 Å². The normalized spacial score (nSPS) is 29.0. The number of hydrogen-bond acceptors (Lipinski definition) is 2. The van der Waals surface area contributed by atoms with Gasteiger partial charge in [0.2, 0.25) is 0 Å². The van der Waals surface area contributed by atoms with Gasteiger partial charge < -0.3 is 10.2 Å². The first-order valence-corrected chi connectivity index (χ1v) is 4.45. The Kier molecular flexibility index (Phi) is 1.60. The number of hydrogen-bond donors (Lipinski definition) is 1. The average molecular weight is 166 g/mol. The van der Waals surface area contributed by atoms with E-state index in [0.717, 1.165) is 30.7 Å². The lowest BCUT2D eigenvalue weighted by atomic mass is 10.1. The van der Waals surface area contributed by atoms with Crippen molar-refractivity contribution in [3.05, 3.63) is 11.3 Å². The van der Waals surface area contributed by atoms with E-state index >= 15 is 0 Å². The van der Waals surface area contributed by atoms with Gasteiger partial charge in [-0.2, -0.15) is 0 Å². The smallest absolute Gasteiger partial charge is 0.252 e. The molecule has 2 rings (SSSR count). The van der Waals surface area contributed by atoms with Crippen LogP contribution in [0.5, 0.6) is 0 Å². The third-order valence-corrected chi connectivity index (χ3v) is 2.78. The Balaban J connectivity index is 2.30. The lowest BCUT2D eigenvalue weighted by molar-refractivity contribution is -0.129. The summed E-state index contributed by atoms with van der Waals surface area (Å²) in [6.07, 6.45) is 2.50. The van der Waals surface area contributed by atoms with E-state index in [0.29, 0.717) is 0 Å². The van der Waals surface area contributed by atoms with Crippen LogP contribution in [0.25, 0.3) is 0 Å². The molecule has 1 saturated heterocycles. The third kappa shape index (κ3) is 0.924. The zero-order valence-electron chi connectivity index (χ0n) is 7.55. The first-order valence-electron chi connectivity index (χ1n) is 4.45. The van der Waals surface area contributed by atoms with Crippen molar-refractivity contribution in [2.45, 2.75) is 32.9 Å². The fourth-order valence-corrected chi connectivity index (χ4v) is 1.89. The Bertz CT molecular complexity index is 257. The van der Waals surface area contributed by atoms with E-state index in [2.05, 4.69) is 5.32 Å². The maximum absolute atomic E-state index is 11.6. The van der Waals surface area contributed by atoms with Crippen LogP contribution in [0.3, 0.4) is 0 Å². The molecule has 0 bridgehead atoms. The summed E-state index contributed by atoms with van der Waals surface area (Å²) in [5.41, 5.74) is 1.91. The lowest BCUT2D eigenvalue weighted by Crippen LogP contribution is -2.48. The zero-order chi connectivity index (χ0) is 8.72. The Labute approximate surface area is 72.4 Å². The molecule has 0 saturated carbocycles. The van der Waals surface area contributed by atoms with Crippen molar-refractivity contribution in [1.29, 1.82) is 0 Å². The SMILES string of the molecule is CC1=C(C)C(=O)N2CCCC2N1. The van der Waals surface area contributed by atoms with E-state index in [4.69, 9.17) is 0 Å². The predicted octanol–water partition coefficient (Wildman–Crippen LogP) is 0.832. The van der Waals surface area contributed by atoms with Crippen molar-refractivity contribution >= 4 is 5.91 Å². The molecule has 1 fully saturated rings. The van der Waals surface area contributed by atoms with Gasteiger partial charge in [-0.3, -0.25) is 4.79 Å². The van der Waals surface area contributed by atoms with Gasteiger partial charge in [0.05, 0.1) is 0 Å². The Morgan fingerprint density at radius 1 is 1.50 bits per heavy atom. The Morgan fingerprint density at radius 3 is 3.00 bits per heavy atom. The number of nitrogens with one attached hydrogen (secondary N) is 1. The van der Waals surface area contributed by atoms with Gasteiger partial charge in [0, 0.05) is 17.8 Å². The van der Waals surface area contributed by atoms with Crippen molar-refractivity contribution < 1.29 is 4.79 Å². The minimum absolute atomic E-state index is 0.216. The summed E-state index contributed by atoms with van der Waals surface area (Å²) >= 11 is 0. The number of carbonyl (C=O) groups is 1. The molecule has 1 unspecified atom stereocenters. The number of nitrogens with zero attached hydrogens (tertiary/aromatic N) is 1. The number of fused-ring (bicyclic) bond motifs is 1. The second-order valence-electron chi connectivity index (χ2n) is 3.55. The highest BCUT2D eigenvalue weighted by molar-refractivity contribution is 5.94. The molecule has 0 aliphatic carbocycles. The number of rotatable bonds is 0. The number of amides is 1. The van der Waals surface area contributed by atoms with Crippen molar-refractivity contribution in [3.63, 3.8) is 0 Å². The first kappa shape index (κ1) is 7.65. The van der Waals surface area contributed by atoms with Crippen LogP contribution in [0.4, 0.5) is 0 Å². The van der Waals surface area contributed by atoms with Gasteiger partial charge in [0.1, 0.15) is 6.17 Å². The largest absolute Gasteiger partial charge is 0.368 e. The highest BCUT2D eigenvalue weighted by atomic mass is 16.2. The summed E-state index contributed by atoms with van der Waals surface area (Å²) in [5.74, 6) is 0.216. The fraction of sp³-hybridized carbons (Fsp3) is 0.667. The molecular formula is C9H14N2O. The summed E-state index contributed by atoms with van der Waals surface area (Å²) in [5, 5.41) is 3.34. The molecule has 0 radical (unpaired) electrons. The van der Waals surface area contributed by atoms with Gasteiger partial charge in [0.15, 0.2) is 0 Å². The van der Waals surface area contributed by atoms with Crippen LogP contribution in [0, 0.1) is 0 Å². The van der Waals surface area contributed by atoms with Crippen LogP contribution < -0.4 is 5.32 Å². The molecule has 0 aromatic heterocycles. The summed E-state index contributed by atoms with van der Waals surface area (Å²) in [7, 11) is 0. The topological polar surface area (TPSA) is 32.3 Å². The molecule has 0 spiro atoms. The van der Waals surface area contributed by atoms with E-state index in [1.165, 1.54) is 0 Å². The third-order valence-electron chi connectivity index (χ3n) is 2.78. The molecule has 2 aliphatic rings. The predicted molar refractivity (Wildman–Crippen MR) is 46.2 cm³/mol. The summed E-state index contributed by atoms with van der Waals surface area (Å²) < 4.78 is 0. The molecule has 12 heavy (non-hydrogen) atoms. The quantitative estimate of drug-likeness (QED) is 0.578. The molecule has 1 atom stereocenters. The van der Waals surface area contributed by atoms with E-state index in [-0.39, 0.29) is 12.1 Å². The van der Waals surface area contributed by atoms with Gasteiger partial charge >= 0.3 is 0 Å². The van der Waals surface area contributed by atoms with Crippen molar-refractivity contribution in [2.75, 3.05) is 6.54 Å². The molecule has 2 aliphatic heterocycles. The molecule has 1 amide bonds. The molecule has 0 aromatic carbocycles. The van der Waals surface area contributed by atoms with Gasteiger partial charge in [-0.15, -0.1) is 0 Å². The molecule has 2 heterocycles. The Hall–Kier alpha value is -0.990. The Morgan fingerprint density at radius 2 is 2.25 bits per heavy atom. The molecule has 0 aromatic rings. The van der Waals surface area contributed by atoms with Crippen LogP contribution in [-0.2, 0) is 4.79 Å².